The third-order valence-electron chi connectivity index (χ3n) is 5.42. The average molecular weight is 483 g/mol. The summed E-state index contributed by atoms with van der Waals surface area (Å²) in [5.74, 6) is -0.248. The largest absolute Gasteiger partial charge is 0.465 e. The number of ether oxygens (including phenoxy) is 1. The molecule has 3 heterocycles. The Hall–Kier alpha value is -2.61. The zero-order valence-corrected chi connectivity index (χ0v) is 19.4. The van der Waals surface area contributed by atoms with E-state index in [1.165, 1.54) is 23.1 Å². The smallest absolute Gasteiger partial charge is 0.319 e. The fraction of sp³-hybridized carbons (Fsp3) is 0.208. The van der Waals surface area contributed by atoms with E-state index in [0.29, 0.717) is 46.4 Å². The number of hydrogen-bond donors (Lipinski definition) is 0. The lowest BCUT2D eigenvalue weighted by Gasteiger charge is -2.14. The second kappa shape index (κ2) is 9.10. The van der Waals surface area contributed by atoms with Crippen molar-refractivity contribution in [2.45, 2.75) is 29.8 Å². The van der Waals surface area contributed by atoms with E-state index in [4.69, 9.17) is 21.3 Å². The monoisotopic (exact) mass is 482 g/mol. The molecule has 1 fully saturated rings. The molecule has 1 aliphatic rings. The van der Waals surface area contributed by atoms with Gasteiger partial charge in [0, 0.05) is 34.5 Å². The molecule has 8 heteroatoms. The van der Waals surface area contributed by atoms with Crippen LogP contribution in [0.25, 0.3) is 21.3 Å². The quantitative estimate of drug-likeness (QED) is 0.271. The van der Waals surface area contributed by atoms with Crippen molar-refractivity contribution in [3.63, 3.8) is 0 Å². The van der Waals surface area contributed by atoms with Crippen LogP contribution in [0.2, 0.25) is 5.02 Å². The molecular weight excluding hydrogens is 464 g/mol. The number of hydrogen-bond acceptors (Lipinski definition) is 6. The molecule has 0 aliphatic carbocycles. The van der Waals surface area contributed by atoms with Crippen molar-refractivity contribution in [3.8, 4) is 11.1 Å². The highest BCUT2D eigenvalue weighted by molar-refractivity contribution is 8.00. The first-order valence-electron chi connectivity index (χ1n) is 10.3. The standard InChI is InChI=1S/C24H19ClN2O3S2/c25-18-9-5-4-8-16(18)17-14-31-21-20(17)22(28)27(12-10-15-6-2-1-3-7-15)24(26-21)32-19-11-13-30-23(19)29/h1-9,14,19H,10-13H2. The summed E-state index contributed by atoms with van der Waals surface area (Å²) in [5, 5.41) is 3.30. The van der Waals surface area contributed by atoms with E-state index in [-0.39, 0.29) is 16.8 Å². The van der Waals surface area contributed by atoms with Crippen molar-refractivity contribution in [2.24, 2.45) is 0 Å². The van der Waals surface area contributed by atoms with Crippen LogP contribution in [-0.2, 0) is 22.5 Å². The number of esters is 1. The van der Waals surface area contributed by atoms with E-state index >= 15 is 0 Å². The number of carbonyl (C=O) groups excluding carboxylic acids is 1. The number of halogens is 1. The molecule has 1 aliphatic heterocycles. The van der Waals surface area contributed by atoms with Gasteiger partial charge in [-0.1, -0.05) is 71.9 Å². The first kappa shape index (κ1) is 21.2. The Morgan fingerprint density at radius 3 is 2.62 bits per heavy atom. The van der Waals surface area contributed by atoms with Crippen LogP contribution >= 0.6 is 34.7 Å². The van der Waals surface area contributed by atoms with Gasteiger partial charge in [0.25, 0.3) is 5.56 Å². The van der Waals surface area contributed by atoms with E-state index < -0.39 is 0 Å². The minimum Gasteiger partial charge on any atom is -0.465 e. The van der Waals surface area contributed by atoms with E-state index in [0.717, 1.165) is 16.7 Å². The SMILES string of the molecule is O=C1OCCC1Sc1nc2scc(-c3ccccc3Cl)c2c(=O)n1CCc1ccccc1. The number of nitrogens with zero attached hydrogens (tertiary/aromatic N) is 2. The third kappa shape index (κ3) is 4.08. The number of rotatable bonds is 6. The van der Waals surface area contributed by atoms with E-state index in [1.54, 1.807) is 4.57 Å². The summed E-state index contributed by atoms with van der Waals surface area (Å²) in [6, 6.07) is 17.5. The lowest BCUT2D eigenvalue weighted by Crippen LogP contribution is -2.25. The predicted octanol–water partition coefficient (Wildman–Crippen LogP) is 5.43. The Morgan fingerprint density at radius 2 is 1.88 bits per heavy atom. The lowest BCUT2D eigenvalue weighted by molar-refractivity contribution is -0.137. The summed E-state index contributed by atoms with van der Waals surface area (Å²) in [4.78, 5) is 31.3. The van der Waals surface area contributed by atoms with Crippen LogP contribution in [0.4, 0.5) is 0 Å². The Labute approximate surface area is 198 Å². The zero-order chi connectivity index (χ0) is 22.1. The molecule has 5 rings (SSSR count). The van der Waals surface area contributed by atoms with Gasteiger partial charge in [-0.3, -0.25) is 14.2 Å². The molecule has 4 aromatic rings. The molecule has 5 nitrogen and oxygen atoms in total. The van der Waals surface area contributed by atoms with Crippen LogP contribution in [0, 0.1) is 0 Å². The molecule has 0 saturated carbocycles. The summed E-state index contributed by atoms with van der Waals surface area (Å²) in [6.07, 6.45) is 1.30. The maximum atomic E-state index is 13.7. The molecule has 2 aromatic heterocycles. The van der Waals surface area contributed by atoms with E-state index in [9.17, 15) is 9.59 Å². The van der Waals surface area contributed by atoms with Gasteiger partial charge in [0.05, 0.1) is 12.0 Å². The maximum absolute atomic E-state index is 13.7. The van der Waals surface area contributed by atoms with Crippen molar-refractivity contribution < 1.29 is 9.53 Å². The highest BCUT2D eigenvalue weighted by Crippen LogP contribution is 2.37. The number of carbonyl (C=O) groups is 1. The van der Waals surface area contributed by atoms with Gasteiger partial charge >= 0.3 is 5.97 Å². The van der Waals surface area contributed by atoms with Gasteiger partial charge in [-0.05, 0) is 18.1 Å². The molecule has 0 spiro atoms. The maximum Gasteiger partial charge on any atom is 0.319 e. The number of thioether (sulfide) groups is 1. The van der Waals surface area contributed by atoms with Crippen molar-refractivity contribution in [1.82, 2.24) is 9.55 Å². The number of benzene rings is 2. The molecule has 1 unspecified atom stereocenters. The van der Waals surface area contributed by atoms with E-state index in [1.807, 2.05) is 60.0 Å². The van der Waals surface area contributed by atoms with E-state index in [2.05, 4.69) is 0 Å². The van der Waals surface area contributed by atoms with Crippen LogP contribution in [0.15, 0.2) is 69.9 Å². The van der Waals surface area contributed by atoms with Crippen LogP contribution in [0.5, 0.6) is 0 Å². The highest BCUT2D eigenvalue weighted by Gasteiger charge is 2.30. The van der Waals surface area contributed by atoms with Gasteiger partial charge in [0.15, 0.2) is 5.16 Å². The summed E-state index contributed by atoms with van der Waals surface area (Å²) < 4.78 is 6.81. The second-order valence-electron chi connectivity index (χ2n) is 7.46. The number of cyclic esters (lactones) is 1. The normalized spacial score (nSPS) is 15.9. The molecule has 162 valence electrons. The number of thiophene rings is 1. The van der Waals surface area contributed by atoms with Gasteiger partial charge in [0.2, 0.25) is 0 Å². The first-order valence-corrected chi connectivity index (χ1v) is 12.4. The number of fused-ring (bicyclic) bond motifs is 1. The molecule has 0 bridgehead atoms. The lowest BCUT2D eigenvalue weighted by atomic mass is 10.1. The number of aryl methyl sites for hydroxylation is 1. The minimum atomic E-state index is -0.342. The van der Waals surface area contributed by atoms with Gasteiger partial charge in [0.1, 0.15) is 10.1 Å². The summed E-state index contributed by atoms with van der Waals surface area (Å²) >= 11 is 9.16. The van der Waals surface area contributed by atoms with Crippen molar-refractivity contribution in [1.29, 1.82) is 0 Å². The molecule has 0 N–H and O–H groups in total. The van der Waals surface area contributed by atoms with Crippen LogP contribution < -0.4 is 5.56 Å². The Morgan fingerprint density at radius 1 is 1.09 bits per heavy atom. The summed E-state index contributed by atoms with van der Waals surface area (Å²) in [7, 11) is 0. The predicted molar refractivity (Wildman–Crippen MR) is 130 cm³/mol. The minimum absolute atomic E-state index is 0.115. The first-order chi connectivity index (χ1) is 15.6. The van der Waals surface area contributed by atoms with Crippen LogP contribution in [0.1, 0.15) is 12.0 Å². The summed E-state index contributed by atoms with van der Waals surface area (Å²) in [5.41, 5.74) is 2.62. The Kier molecular flexibility index (Phi) is 6.04. The Bertz CT molecular complexity index is 1350. The fourth-order valence-corrected chi connectivity index (χ4v) is 6.07. The number of aromatic nitrogens is 2. The van der Waals surface area contributed by atoms with Crippen LogP contribution in [0.3, 0.4) is 0 Å². The third-order valence-corrected chi connectivity index (χ3v) is 7.86. The molecule has 32 heavy (non-hydrogen) atoms. The molecular formula is C24H19ClN2O3S2. The topological polar surface area (TPSA) is 61.2 Å². The van der Waals surface area contributed by atoms with Crippen LogP contribution in [-0.4, -0.2) is 27.4 Å². The summed E-state index contributed by atoms with van der Waals surface area (Å²) in [6.45, 7) is 0.871. The average Bonchev–Trinajstić information content (AvgIpc) is 3.41. The second-order valence-corrected chi connectivity index (χ2v) is 9.89. The van der Waals surface area contributed by atoms with Crippen molar-refractivity contribution >= 4 is 50.9 Å². The van der Waals surface area contributed by atoms with Gasteiger partial charge in [-0.25, -0.2) is 4.98 Å². The van der Waals surface area contributed by atoms with Crippen molar-refractivity contribution in [3.05, 3.63) is 80.9 Å². The fourth-order valence-electron chi connectivity index (χ4n) is 3.77. The van der Waals surface area contributed by atoms with Gasteiger partial charge in [-0.15, -0.1) is 11.3 Å². The molecule has 0 radical (unpaired) electrons. The zero-order valence-electron chi connectivity index (χ0n) is 17.0. The Balaban J connectivity index is 1.62. The highest BCUT2D eigenvalue weighted by atomic mass is 35.5. The van der Waals surface area contributed by atoms with Crippen molar-refractivity contribution in [2.75, 3.05) is 6.61 Å². The molecule has 2 aromatic carbocycles. The van der Waals surface area contributed by atoms with Gasteiger partial charge < -0.3 is 4.74 Å². The molecule has 1 saturated heterocycles. The van der Waals surface area contributed by atoms with Gasteiger partial charge in [-0.2, -0.15) is 0 Å². The molecule has 0 amide bonds. The molecule has 1 atom stereocenters.